The molecule has 0 spiro atoms. The molecular weight excluding hydrogens is 353 g/mol. The van der Waals surface area contributed by atoms with E-state index >= 15 is 0 Å². The average Bonchev–Trinajstić information content (AvgIpc) is 2.56. The number of carboxylic acid groups (broad SMARTS) is 1. The minimum absolute atomic E-state index is 0.0603. The number of carboxylic acids is 1. The molecule has 1 heterocycles. The first-order chi connectivity index (χ1) is 11.4. The van der Waals surface area contributed by atoms with Crippen LogP contribution in [0, 0.1) is 17.2 Å². The maximum absolute atomic E-state index is 12.2. The standard InChI is InChI=1S/C16H15Cl2N3O3/c17-13-2-1-12(7-14(13)18)20-15(22)11(8-19)9-21-5-3-10(4-6-21)16(23)24/h1-2,7,9-10H,3-6H2,(H,20,22)(H,23,24)/b11-9-. The van der Waals surface area contributed by atoms with Gasteiger partial charge in [-0.3, -0.25) is 9.59 Å². The molecule has 2 N–H and O–H groups in total. The summed E-state index contributed by atoms with van der Waals surface area (Å²) in [5.41, 5.74) is 0.370. The maximum atomic E-state index is 12.2. The Morgan fingerprint density at radius 2 is 1.96 bits per heavy atom. The fourth-order valence-corrected chi connectivity index (χ4v) is 2.67. The van der Waals surface area contributed by atoms with Crippen LogP contribution in [0.1, 0.15) is 12.8 Å². The van der Waals surface area contributed by atoms with E-state index in [-0.39, 0.29) is 11.5 Å². The van der Waals surface area contributed by atoms with E-state index in [0.717, 1.165) is 0 Å². The number of nitrogens with one attached hydrogen (secondary N) is 1. The summed E-state index contributed by atoms with van der Waals surface area (Å²) in [6.07, 6.45) is 2.43. The van der Waals surface area contributed by atoms with Crippen molar-refractivity contribution >= 4 is 40.8 Å². The molecule has 6 nitrogen and oxygen atoms in total. The van der Waals surface area contributed by atoms with Crippen molar-refractivity contribution in [2.45, 2.75) is 12.8 Å². The zero-order chi connectivity index (χ0) is 17.7. The maximum Gasteiger partial charge on any atom is 0.306 e. The van der Waals surface area contributed by atoms with E-state index in [0.29, 0.717) is 41.7 Å². The minimum Gasteiger partial charge on any atom is -0.481 e. The van der Waals surface area contributed by atoms with Crippen LogP contribution in [0.5, 0.6) is 0 Å². The molecule has 0 radical (unpaired) electrons. The topological polar surface area (TPSA) is 93.4 Å². The number of likely N-dealkylation sites (tertiary alicyclic amines) is 1. The molecule has 1 aliphatic rings. The van der Waals surface area contributed by atoms with Crippen molar-refractivity contribution in [2.75, 3.05) is 18.4 Å². The predicted molar refractivity (Wildman–Crippen MR) is 90.7 cm³/mol. The number of halogens is 2. The third-order valence-corrected chi connectivity index (χ3v) is 4.47. The number of hydrogen-bond acceptors (Lipinski definition) is 4. The van der Waals surface area contributed by atoms with Crippen LogP contribution in [0.4, 0.5) is 5.69 Å². The summed E-state index contributed by atoms with van der Waals surface area (Å²) >= 11 is 11.7. The van der Waals surface area contributed by atoms with Gasteiger partial charge in [-0.05, 0) is 31.0 Å². The van der Waals surface area contributed by atoms with Gasteiger partial charge in [0.1, 0.15) is 11.6 Å². The Balaban J connectivity index is 2.02. The first-order valence-corrected chi connectivity index (χ1v) is 8.01. The number of nitrogens with zero attached hydrogens (tertiary/aromatic N) is 2. The normalized spacial score (nSPS) is 15.7. The number of hydrogen-bond donors (Lipinski definition) is 2. The Kier molecular flexibility index (Phi) is 6.07. The quantitative estimate of drug-likeness (QED) is 0.629. The van der Waals surface area contributed by atoms with Gasteiger partial charge in [0.15, 0.2) is 0 Å². The number of carbonyl (C=O) groups excluding carboxylic acids is 1. The molecule has 0 unspecified atom stereocenters. The van der Waals surface area contributed by atoms with Crippen molar-refractivity contribution < 1.29 is 14.7 Å². The van der Waals surface area contributed by atoms with Gasteiger partial charge in [-0.1, -0.05) is 23.2 Å². The third-order valence-electron chi connectivity index (χ3n) is 3.73. The molecule has 0 aliphatic carbocycles. The summed E-state index contributed by atoms with van der Waals surface area (Å²) < 4.78 is 0. The predicted octanol–water partition coefficient (Wildman–Crippen LogP) is 3.14. The second-order valence-electron chi connectivity index (χ2n) is 5.39. The zero-order valence-electron chi connectivity index (χ0n) is 12.6. The van der Waals surface area contributed by atoms with Gasteiger partial charge < -0.3 is 15.3 Å². The van der Waals surface area contributed by atoms with Crippen molar-refractivity contribution in [3.05, 3.63) is 40.0 Å². The molecule has 0 aromatic heterocycles. The van der Waals surface area contributed by atoms with Crippen LogP contribution in [0.25, 0.3) is 0 Å². The van der Waals surface area contributed by atoms with Crippen molar-refractivity contribution in [1.29, 1.82) is 5.26 Å². The van der Waals surface area contributed by atoms with Crippen molar-refractivity contribution in [1.82, 2.24) is 4.90 Å². The van der Waals surface area contributed by atoms with E-state index in [1.807, 2.05) is 6.07 Å². The summed E-state index contributed by atoms with van der Waals surface area (Å²) in [5, 5.41) is 21.4. The fraction of sp³-hybridized carbons (Fsp3) is 0.312. The number of rotatable bonds is 4. The lowest BCUT2D eigenvalue weighted by atomic mass is 9.97. The van der Waals surface area contributed by atoms with E-state index in [9.17, 15) is 14.9 Å². The second kappa shape index (κ2) is 8.04. The van der Waals surface area contributed by atoms with E-state index in [1.165, 1.54) is 12.3 Å². The molecule has 1 aromatic rings. The van der Waals surface area contributed by atoms with Gasteiger partial charge in [-0.2, -0.15) is 5.26 Å². The molecule has 0 saturated carbocycles. The van der Waals surface area contributed by atoms with Gasteiger partial charge >= 0.3 is 5.97 Å². The summed E-state index contributed by atoms with van der Waals surface area (Å²) in [6, 6.07) is 6.49. The van der Waals surface area contributed by atoms with Crippen LogP contribution in [0.3, 0.4) is 0 Å². The molecule has 1 saturated heterocycles. The van der Waals surface area contributed by atoms with Crippen LogP contribution in [-0.4, -0.2) is 35.0 Å². The Morgan fingerprint density at radius 1 is 1.29 bits per heavy atom. The Morgan fingerprint density at radius 3 is 2.50 bits per heavy atom. The monoisotopic (exact) mass is 367 g/mol. The number of benzene rings is 1. The molecule has 0 atom stereocenters. The molecule has 1 amide bonds. The molecule has 8 heteroatoms. The third kappa shape index (κ3) is 4.63. The van der Waals surface area contributed by atoms with Gasteiger partial charge in [-0.15, -0.1) is 0 Å². The van der Waals surface area contributed by atoms with Gasteiger partial charge in [0.2, 0.25) is 0 Å². The van der Waals surface area contributed by atoms with Crippen LogP contribution in [0.2, 0.25) is 10.0 Å². The van der Waals surface area contributed by atoms with E-state index in [1.54, 1.807) is 17.0 Å². The summed E-state index contributed by atoms with van der Waals surface area (Å²) in [7, 11) is 0. The molecule has 2 rings (SSSR count). The molecule has 126 valence electrons. The number of piperidine rings is 1. The van der Waals surface area contributed by atoms with Crippen molar-refractivity contribution in [3.63, 3.8) is 0 Å². The Labute approximate surface area is 149 Å². The highest BCUT2D eigenvalue weighted by molar-refractivity contribution is 6.42. The highest BCUT2D eigenvalue weighted by Gasteiger charge is 2.24. The highest BCUT2D eigenvalue weighted by Crippen LogP contribution is 2.25. The number of aliphatic carboxylic acids is 1. The Bertz CT molecular complexity index is 720. The summed E-state index contributed by atoms with van der Waals surface area (Å²) in [6.45, 7) is 0.977. The van der Waals surface area contributed by atoms with Gasteiger partial charge in [0, 0.05) is 25.0 Å². The van der Waals surface area contributed by atoms with E-state index < -0.39 is 11.9 Å². The summed E-state index contributed by atoms with van der Waals surface area (Å²) in [4.78, 5) is 24.9. The molecule has 1 fully saturated rings. The summed E-state index contributed by atoms with van der Waals surface area (Å²) in [5.74, 6) is -1.74. The number of anilines is 1. The van der Waals surface area contributed by atoms with Crippen LogP contribution < -0.4 is 5.32 Å². The minimum atomic E-state index is -0.809. The fourth-order valence-electron chi connectivity index (χ4n) is 2.37. The highest BCUT2D eigenvalue weighted by atomic mass is 35.5. The first-order valence-electron chi connectivity index (χ1n) is 7.26. The molecule has 1 aromatic carbocycles. The number of amides is 1. The van der Waals surface area contributed by atoms with Gasteiger partial charge in [-0.25, -0.2) is 0 Å². The molecule has 0 bridgehead atoms. The smallest absolute Gasteiger partial charge is 0.306 e. The lowest BCUT2D eigenvalue weighted by molar-refractivity contribution is -0.143. The second-order valence-corrected chi connectivity index (χ2v) is 6.20. The molecule has 1 aliphatic heterocycles. The molecule has 24 heavy (non-hydrogen) atoms. The number of nitriles is 1. The van der Waals surface area contributed by atoms with E-state index in [4.69, 9.17) is 28.3 Å². The van der Waals surface area contributed by atoms with Crippen LogP contribution >= 0.6 is 23.2 Å². The van der Waals surface area contributed by atoms with Crippen LogP contribution in [-0.2, 0) is 9.59 Å². The van der Waals surface area contributed by atoms with Crippen LogP contribution in [0.15, 0.2) is 30.0 Å². The van der Waals surface area contributed by atoms with Crippen molar-refractivity contribution in [3.8, 4) is 6.07 Å². The van der Waals surface area contributed by atoms with E-state index in [2.05, 4.69) is 5.32 Å². The SMILES string of the molecule is N#C/C(=C/N1CCC(C(=O)O)CC1)C(=O)Nc1ccc(Cl)c(Cl)c1. The zero-order valence-corrected chi connectivity index (χ0v) is 14.1. The lowest BCUT2D eigenvalue weighted by Crippen LogP contribution is -2.33. The van der Waals surface area contributed by atoms with Crippen molar-refractivity contribution in [2.24, 2.45) is 5.92 Å². The molecular formula is C16H15Cl2N3O3. The Hall–Kier alpha value is -2.23. The largest absolute Gasteiger partial charge is 0.481 e. The number of carbonyl (C=O) groups is 2. The van der Waals surface area contributed by atoms with Gasteiger partial charge in [0.05, 0.1) is 16.0 Å². The lowest BCUT2D eigenvalue weighted by Gasteiger charge is -2.29. The van der Waals surface area contributed by atoms with Gasteiger partial charge in [0.25, 0.3) is 5.91 Å². The average molecular weight is 368 g/mol. The first kappa shape index (κ1) is 18.1.